The summed E-state index contributed by atoms with van der Waals surface area (Å²) in [5, 5.41) is 4.96. The summed E-state index contributed by atoms with van der Waals surface area (Å²) in [6, 6.07) is 9.95. The Morgan fingerprint density at radius 3 is 2.59 bits per heavy atom. The second-order valence-corrected chi connectivity index (χ2v) is 7.67. The maximum atomic E-state index is 14.3. The second-order valence-electron chi connectivity index (χ2n) is 7.27. The molecule has 1 fully saturated rings. The number of anilines is 2. The van der Waals surface area contributed by atoms with Gasteiger partial charge in [0.25, 0.3) is 5.56 Å². The van der Waals surface area contributed by atoms with Gasteiger partial charge in [-0.15, -0.1) is 0 Å². The third kappa shape index (κ3) is 3.70. The first kappa shape index (κ1) is 23.9. The second kappa shape index (κ2) is 9.00. The first-order valence-corrected chi connectivity index (χ1v) is 9.73. The number of fused-ring (bicyclic) bond motifs is 1. The van der Waals surface area contributed by atoms with Gasteiger partial charge in [-0.3, -0.25) is 9.36 Å². The van der Waals surface area contributed by atoms with E-state index >= 15 is 0 Å². The molecule has 0 unspecified atom stereocenters. The van der Waals surface area contributed by atoms with Crippen LogP contribution in [0.2, 0.25) is 5.02 Å². The van der Waals surface area contributed by atoms with E-state index in [1.807, 2.05) is 30.0 Å². The summed E-state index contributed by atoms with van der Waals surface area (Å²) in [7, 11) is 0. The van der Waals surface area contributed by atoms with Crippen LogP contribution in [0.3, 0.4) is 0 Å². The van der Waals surface area contributed by atoms with Crippen LogP contribution in [0.25, 0.3) is 11.2 Å². The fourth-order valence-corrected chi connectivity index (χ4v) is 4.14. The Morgan fingerprint density at radius 2 is 1.91 bits per heavy atom. The first-order chi connectivity index (χ1) is 14.5. The molecular formula is C20H21ClFN7OS2. The Labute approximate surface area is 201 Å². The molecule has 4 aromatic rings. The Morgan fingerprint density at radius 1 is 1.19 bits per heavy atom. The molecule has 0 aliphatic carbocycles. The van der Waals surface area contributed by atoms with Gasteiger partial charge in [-0.25, -0.2) is 13.9 Å². The minimum Gasteiger partial charge on any atom is -0.368 e. The van der Waals surface area contributed by atoms with Crippen molar-refractivity contribution >= 4 is 55.9 Å². The summed E-state index contributed by atoms with van der Waals surface area (Å²) < 4.78 is 17.0. The third-order valence-electron chi connectivity index (χ3n) is 5.32. The lowest BCUT2D eigenvalue weighted by Gasteiger charge is -2.47. The molecule has 2 atom stereocenters. The summed E-state index contributed by atoms with van der Waals surface area (Å²) in [5.41, 5.74) is 5.77. The highest BCUT2D eigenvalue weighted by Crippen LogP contribution is 2.43. The van der Waals surface area contributed by atoms with Crippen molar-refractivity contribution in [1.29, 1.82) is 0 Å². The van der Waals surface area contributed by atoms with E-state index in [1.54, 1.807) is 12.1 Å². The summed E-state index contributed by atoms with van der Waals surface area (Å²) in [5.74, 6) is 0.552. The van der Waals surface area contributed by atoms with Crippen LogP contribution in [-0.2, 0) is 0 Å². The van der Waals surface area contributed by atoms with Crippen LogP contribution in [0.5, 0.6) is 0 Å². The number of benzene rings is 1. The van der Waals surface area contributed by atoms with Crippen molar-refractivity contribution in [3.05, 3.63) is 75.8 Å². The van der Waals surface area contributed by atoms with Gasteiger partial charge < -0.3 is 10.6 Å². The highest BCUT2D eigenvalue weighted by Gasteiger charge is 2.42. The largest absolute Gasteiger partial charge is 0.368 e. The van der Waals surface area contributed by atoms with Gasteiger partial charge in [0.2, 0.25) is 5.95 Å². The van der Waals surface area contributed by atoms with Crippen molar-refractivity contribution in [1.82, 2.24) is 24.1 Å². The average molecular weight is 494 g/mol. The number of aromatic nitrogens is 5. The van der Waals surface area contributed by atoms with Gasteiger partial charge in [-0.2, -0.15) is 37.1 Å². The molecule has 0 saturated carbocycles. The molecule has 0 amide bonds. The van der Waals surface area contributed by atoms with Gasteiger partial charge in [-0.1, -0.05) is 36.7 Å². The van der Waals surface area contributed by atoms with Crippen LogP contribution in [0.1, 0.15) is 18.8 Å². The predicted molar refractivity (Wildman–Crippen MR) is 132 cm³/mol. The Kier molecular flexibility index (Phi) is 6.72. The number of hydrogen-bond acceptors (Lipinski definition) is 6. The van der Waals surface area contributed by atoms with Gasteiger partial charge in [0, 0.05) is 18.7 Å². The molecule has 0 radical (unpaired) electrons. The number of hydrogen-bond donors (Lipinski definition) is 1. The van der Waals surface area contributed by atoms with Gasteiger partial charge >= 0.3 is 0 Å². The van der Waals surface area contributed by atoms with Crippen molar-refractivity contribution in [3.8, 4) is 5.69 Å². The third-order valence-corrected chi connectivity index (χ3v) is 5.58. The zero-order chi connectivity index (χ0) is 21.0. The number of nitrogen functional groups attached to an aromatic ring is 1. The van der Waals surface area contributed by atoms with Crippen molar-refractivity contribution < 1.29 is 4.39 Å². The van der Waals surface area contributed by atoms with Gasteiger partial charge in [0.15, 0.2) is 23.0 Å². The van der Waals surface area contributed by atoms with Crippen LogP contribution in [-0.4, -0.2) is 30.7 Å². The van der Waals surface area contributed by atoms with Crippen molar-refractivity contribution in [2.24, 2.45) is 5.92 Å². The summed E-state index contributed by atoms with van der Waals surface area (Å²) >= 11 is 6.32. The molecule has 1 aromatic carbocycles. The first-order valence-electron chi connectivity index (χ1n) is 9.35. The molecule has 8 nitrogen and oxygen atoms in total. The Bertz CT molecular complexity index is 1330. The maximum Gasteiger partial charge on any atom is 0.285 e. The van der Waals surface area contributed by atoms with Crippen LogP contribution >= 0.6 is 38.6 Å². The molecule has 1 aliphatic heterocycles. The minimum atomic E-state index is -0.617. The number of nitrogens with zero attached hydrogens (tertiary/aromatic N) is 6. The summed E-state index contributed by atoms with van der Waals surface area (Å²) in [6.45, 7) is 2.69. The van der Waals surface area contributed by atoms with Crippen molar-refractivity contribution in [2.45, 2.75) is 13.0 Å². The molecule has 168 valence electrons. The van der Waals surface area contributed by atoms with E-state index in [9.17, 15) is 9.18 Å². The number of halogens is 2. The average Bonchev–Trinajstić information content (AvgIpc) is 3.10. The highest BCUT2D eigenvalue weighted by molar-refractivity contribution is 7.59. The zero-order valence-electron chi connectivity index (χ0n) is 16.9. The number of nitrogens with two attached hydrogens (primary N) is 1. The summed E-state index contributed by atoms with van der Waals surface area (Å²) in [6.07, 6.45) is 2.88. The van der Waals surface area contributed by atoms with E-state index in [0.717, 1.165) is 0 Å². The van der Waals surface area contributed by atoms with E-state index in [2.05, 4.69) is 15.1 Å². The minimum absolute atomic E-state index is 0. The molecule has 1 aliphatic rings. The van der Waals surface area contributed by atoms with Crippen LogP contribution in [0.4, 0.5) is 16.2 Å². The molecule has 32 heavy (non-hydrogen) atoms. The quantitative estimate of drug-likeness (QED) is 0.471. The highest BCUT2D eigenvalue weighted by atomic mass is 35.5. The predicted octanol–water partition coefficient (Wildman–Crippen LogP) is 3.07. The number of rotatable bonds is 3. The monoisotopic (exact) mass is 493 g/mol. The van der Waals surface area contributed by atoms with E-state index in [-0.39, 0.29) is 50.4 Å². The lowest BCUT2D eigenvalue weighted by molar-refractivity contribution is 0.300. The van der Waals surface area contributed by atoms with Crippen LogP contribution < -0.4 is 16.2 Å². The molecule has 4 heterocycles. The van der Waals surface area contributed by atoms with E-state index in [1.165, 1.54) is 27.5 Å². The lowest BCUT2D eigenvalue weighted by Crippen LogP contribution is -2.51. The fraction of sp³-hybridized carbons (Fsp3) is 0.200. The molecule has 0 bridgehead atoms. The van der Waals surface area contributed by atoms with Crippen LogP contribution in [0, 0.1) is 11.7 Å². The van der Waals surface area contributed by atoms with Crippen molar-refractivity contribution in [2.75, 3.05) is 17.2 Å². The normalized spacial score (nSPS) is 17.4. The van der Waals surface area contributed by atoms with E-state index in [4.69, 9.17) is 17.3 Å². The molecule has 1 saturated heterocycles. The number of para-hydroxylation sites is 1. The lowest BCUT2D eigenvalue weighted by atomic mass is 9.89. The molecule has 2 N–H and O–H groups in total. The van der Waals surface area contributed by atoms with Gasteiger partial charge in [0.05, 0.1) is 17.9 Å². The Balaban J connectivity index is 0.00000144. The molecular weight excluding hydrogens is 473 g/mol. The Hall–Kier alpha value is -2.76. The zero-order valence-corrected chi connectivity index (χ0v) is 19.7. The molecule has 5 rings (SSSR count). The van der Waals surface area contributed by atoms with Crippen LogP contribution in [0.15, 0.2) is 53.6 Å². The fourth-order valence-electron chi connectivity index (χ4n) is 3.94. The molecule has 3 aromatic heterocycles. The smallest absolute Gasteiger partial charge is 0.285 e. The van der Waals surface area contributed by atoms with E-state index in [0.29, 0.717) is 28.9 Å². The summed E-state index contributed by atoms with van der Waals surface area (Å²) in [4.78, 5) is 23.4. The van der Waals surface area contributed by atoms with Gasteiger partial charge in [-0.05, 0) is 18.2 Å². The molecule has 12 heteroatoms. The van der Waals surface area contributed by atoms with Gasteiger partial charge in [0.1, 0.15) is 5.02 Å². The topological polar surface area (TPSA) is 94.3 Å². The SMILES string of the molecule is C[C@H]1CN(c2nc(N)ncc2Cl)[C@@H]1c1nn2ccc(F)c2c(=O)n1-c1ccccc1.S.S. The maximum absolute atomic E-state index is 14.3. The standard InChI is InChI=1S/C20H17ClFN7O.2H2S/c1-11-10-27(17-13(21)9-24-20(23)25-17)15(11)18-26-28-8-7-14(22)16(28)19(30)29(18)12-5-3-2-4-6-12;;/h2-9,11,15H,10H2,1H3,(H2,23,24,25);2*1H2/t11-,15-;;/m0../s1. The van der Waals surface area contributed by atoms with E-state index < -0.39 is 11.4 Å². The van der Waals surface area contributed by atoms with Crippen molar-refractivity contribution in [3.63, 3.8) is 0 Å². The molecule has 0 spiro atoms.